The molecule has 1 heterocycles. The molecule has 0 amide bonds. The molecule has 1 aliphatic rings. The van der Waals surface area contributed by atoms with Gasteiger partial charge in [0.25, 0.3) is 0 Å². The van der Waals surface area contributed by atoms with E-state index in [0.29, 0.717) is 6.61 Å². The molecular weight excluding hydrogens is 600 g/mol. The summed E-state index contributed by atoms with van der Waals surface area (Å²) in [5.41, 5.74) is 0. The van der Waals surface area contributed by atoms with E-state index in [-0.39, 0.29) is 19.6 Å². The SMILES string of the molecule is CCCCCCC/C=C\C/C=C\C/C=C\CCCCCCCCCCCOCC(COC1OC(CO)C(O)C(O)C1O)OC(=O)CC. The number of unbranched alkanes of at least 4 members (excludes halogenated alkanes) is 14. The lowest BCUT2D eigenvalue weighted by molar-refractivity contribution is -0.305. The average Bonchev–Trinajstić information content (AvgIpc) is 3.08. The quantitative estimate of drug-likeness (QED) is 0.0368. The number of allylic oxidation sites excluding steroid dienone is 6. The van der Waals surface area contributed by atoms with Gasteiger partial charge in [-0.05, 0) is 44.9 Å². The summed E-state index contributed by atoms with van der Waals surface area (Å²) in [6.45, 7) is 3.95. The molecule has 0 aromatic heterocycles. The zero-order valence-corrected chi connectivity index (χ0v) is 29.5. The van der Waals surface area contributed by atoms with E-state index in [2.05, 4.69) is 43.4 Å². The molecule has 9 heteroatoms. The molecule has 0 aliphatic carbocycles. The maximum absolute atomic E-state index is 11.9. The van der Waals surface area contributed by atoms with Gasteiger partial charge in [-0.3, -0.25) is 4.79 Å². The lowest BCUT2D eigenvalue weighted by Gasteiger charge is -2.39. The number of aliphatic hydroxyl groups excluding tert-OH is 4. The minimum absolute atomic E-state index is 0.125. The van der Waals surface area contributed by atoms with Crippen molar-refractivity contribution >= 4 is 5.97 Å². The Labute approximate surface area is 285 Å². The Morgan fingerprint density at radius 3 is 1.77 bits per heavy atom. The highest BCUT2D eigenvalue weighted by Gasteiger charge is 2.44. The molecule has 47 heavy (non-hydrogen) atoms. The molecule has 4 N–H and O–H groups in total. The second-order valence-corrected chi connectivity index (χ2v) is 12.6. The summed E-state index contributed by atoms with van der Waals surface area (Å²) in [7, 11) is 0. The number of hydrogen-bond donors (Lipinski definition) is 4. The summed E-state index contributed by atoms with van der Waals surface area (Å²) < 4.78 is 22.0. The van der Waals surface area contributed by atoms with Crippen molar-refractivity contribution in [3.05, 3.63) is 36.5 Å². The van der Waals surface area contributed by atoms with Gasteiger partial charge in [-0.2, -0.15) is 0 Å². The van der Waals surface area contributed by atoms with Gasteiger partial charge in [0.15, 0.2) is 6.29 Å². The molecule has 274 valence electrons. The molecule has 0 saturated carbocycles. The van der Waals surface area contributed by atoms with Gasteiger partial charge in [-0.15, -0.1) is 0 Å². The van der Waals surface area contributed by atoms with E-state index >= 15 is 0 Å². The predicted molar refractivity (Wildman–Crippen MR) is 187 cm³/mol. The van der Waals surface area contributed by atoms with Crippen molar-refractivity contribution < 1.29 is 44.2 Å². The van der Waals surface area contributed by atoms with Gasteiger partial charge in [0.1, 0.15) is 30.5 Å². The Balaban J connectivity index is 2.00. The molecule has 1 rings (SSSR count). The number of ether oxygens (including phenoxy) is 4. The number of rotatable bonds is 30. The van der Waals surface area contributed by atoms with E-state index in [0.717, 1.165) is 25.7 Å². The zero-order valence-electron chi connectivity index (χ0n) is 29.5. The molecule has 1 fully saturated rings. The molecule has 0 spiro atoms. The molecule has 0 aromatic rings. The minimum atomic E-state index is -1.53. The molecule has 1 aliphatic heterocycles. The van der Waals surface area contributed by atoms with Crippen LogP contribution in [0.3, 0.4) is 0 Å². The van der Waals surface area contributed by atoms with E-state index in [1.54, 1.807) is 6.92 Å². The van der Waals surface area contributed by atoms with Crippen LogP contribution in [-0.4, -0.2) is 89.6 Å². The molecule has 6 atom stereocenters. The van der Waals surface area contributed by atoms with Gasteiger partial charge in [-0.1, -0.05) is 121 Å². The van der Waals surface area contributed by atoms with E-state index in [4.69, 9.17) is 18.9 Å². The molecule has 1 saturated heterocycles. The molecule has 6 unspecified atom stereocenters. The standard InChI is InChI=1S/C38H68O9/c1-3-5-6-7-8-9-10-11-12-13-14-15-16-17-18-19-20-21-22-23-24-25-26-27-28-44-30-32(46-34(40)4-2)31-45-38-37(43)36(42)35(41)33(29-39)47-38/h10-11,13-14,16-17,32-33,35-39,41-43H,3-9,12,15,18-31H2,1-2H3/b11-10-,14-13-,17-16-. The summed E-state index contributed by atoms with van der Waals surface area (Å²) in [5, 5.41) is 39.3. The van der Waals surface area contributed by atoms with E-state index < -0.39 is 49.4 Å². The topological polar surface area (TPSA) is 135 Å². The first-order chi connectivity index (χ1) is 22.9. The Morgan fingerprint density at radius 2 is 1.21 bits per heavy atom. The van der Waals surface area contributed by atoms with Crippen molar-refractivity contribution in [3.63, 3.8) is 0 Å². The second kappa shape index (κ2) is 30.5. The Bertz CT molecular complexity index is 813. The largest absolute Gasteiger partial charge is 0.457 e. The van der Waals surface area contributed by atoms with Crippen LogP contribution in [0.5, 0.6) is 0 Å². The first kappa shape index (κ1) is 43.4. The molecule has 0 bridgehead atoms. The van der Waals surface area contributed by atoms with Gasteiger partial charge < -0.3 is 39.4 Å². The molecule has 0 aromatic carbocycles. The van der Waals surface area contributed by atoms with Crippen LogP contribution < -0.4 is 0 Å². The van der Waals surface area contributed by atoms with Crippen LogP contribution in [0.1, 0.15) is 136 Å². The highest BCUT2D eigenvalue weighted by atomic mass is 16.7. The van der Waals surface area contributed by atoms with Crippen molar-refractivity contribution in [1.29, 1.82) is 0 Å². The monoisotopic (exact) mass is 668 g/mol. The van der Waals surface area contributed by atoms with Gasteiger partial charge in [0, 0.05) is 13.0 Å². The van der Waals surface area contributed by atoms with Crippen molar-refractivity contribution in [2.45, 2.75) is 173 Å². The summed E-state index contributed by atoms with van der Waals surface area (Å²) in [6, 6.07) is 0. The van der Waals surface area contributed by atoms with Crippen LogP contribution in [-0.2, 0) is 23.7 Å². The Hall–Kier alpha value is -1.59. The van der Waals surface area contributed by atoms with Gasteiger partial charge in [0.05, 0.1) is 19.8 Å². The highest BCUT2D eigenvalue weighted by Crippen LogP contribution is 2.22. The normalized spacial score (nSPS) is 22.6. The summed E-state index contributed by atoms with van der Waals surface area (Å²) in [5.74, 6) is -0.405. The molecule has 9 nitrogen and oxygen atoms in total. The lowest BCUT2D eigenvalue weighted by atomic mass is 9.99. The van der Waals surface area contributed by atoms with Crippen LogP contribution >= 0.6 is 0 Å². The van der Waals surface area contributed by atoms with Crippen LogP contribution in [0.25, 0.3) is 0 Å². The number of carbonyl (C=O) groups is 1. The summed E-state index contributed by atoms with van der Waals surface area (Å²) in [4.78, 5) is 11.9. The number of carbonyl (C=O) groups excluding carboxylic acids is 1. The van der Waals surface area contributed by atoms with Crippen molar-refractivity contribution in [3.8, 4) is 0 Å². The highest BCUT2D eigenvalue weighted by molar-refractivity contribution is 5.69. The van der Waals surface area contributed by atoms with E-state index in [9.17, 15) is 25.2 Å². The van der Waals surface area contributed by atoms with Gasteiger partial charge >= 0.3 is 5.97 Å². The van der Waals surface area contributed by atoms with Gasteiger partial charge in [0.2, 0.25) is 0 Å². The van der Waals surface area contributed by atoms with Crippen LogP contribution in [0.15, 0.2) is 36.5 Å². The van der Waals surface area contributed by atoms with E-state index in [1.807, 2.05) is 0 Å². The third-order valence-electron chi connectivity index (χ3n) is 8.36. The number of esters is 1. The Morgan fingerprint density at radius 1 is 0.681 bits per heavy atom. The van der Waals surface area contributed by atoms with Gasteiger partial charge in [-0.25, -0.2) is 0 Å². The lowest BCUT2D eigenvalue weighted by Crippen LogP contribution is -2.59. The van der Waals surface area contributed by atoms with Crippen molar-refractivity contribution in [1.82, 2.24) is 0 Å². The number of aliphatic hydroxyl groups is 4. The molecular formula is C38H68O9. The second-order valence-electron chi connectivity index (χ2n) is 12.6. The fourth-order valence-electron chi connectivity index (χ4n) is 5.35. The zero-order chi connectivity index (χ0) is 34.4. The summed E-state index contributed by atoms with van der Waals surface area (Å²) >= 11 is 0. The minimum Gasteiger partial charge on any atom is -0.457 e. The summed E-state index contributed by atoms with van der Waals surface area (Å²) in [6.07, 6.45) is 28.4. The van der Waals surface area contributed by atoms with Crippen LogP contribution in [0.2, 0.25) is 0 Å². The predicted octanol–water partition coefficient (Wildman–Crippen LogP) is 6.85. The Kier molecular flexibility index (Phi) is 28.2. The van der Waals surface area contributed by atoms with E-state index in [1.165, 1.54) is 89.9 Å². The number of hydrogen-bond acceptors (Lipinski definition) is 9. The maximum atomic E-state index is 11.9. The smallest absolute Gasteiger partial charge is 0.305 e. The first-order valence-corrected chi connectivity index (χ1v) is 18.6. The fraction of sp³-hybridized carbons (Fsp3) is 0.816. The maximum Gasteiger partial charge on any atom is 0.305 e. The average molecular weight is 669 g/mol. The van der Waals surface area contributed by atoms with Crippen molar-refractivity contribution in [2.75, 3.05) is 26.4 Å². The van der Waals surface area contributed by atoms with Crippen LogP contribution in [0, 0.1) is 0 Å². The third kappa shape index (κ3) is 22.6. The van der Waals surface area contributed by atoms with Crippen molar-refractivity contribution in [2.24, 2.45) is 0 Å². The first-order valence-electron chi connectivity index (χ1n) is 18.6. The molecule has 0 radical (unpaired) electrons. The third-order valence-corrected chi connectivity index (χ3v) is 8.36. The van der Waals surface area contributed by atoms with Crippen LogP contribution in [0.4, 0.5) is 0 Å². The fourth-order valence-corrected chi connectivity index (χ4v) is 5.35.